The normalized spacial score (nSPS) is 20.9. The van der Waals surface area contributed by atoms with E-state index in [0.717, 1.165) is 11.0 Å². The Hall–Kier alpha value is -0.645. The van der Waals surface area contributed by atoms with Gasteiger partial charge in [-0.05, 0) is 64.2 Å². The Balaban J connectivity index is 2.45. The average Bonchev–Trinajstić information content (AvgIpc) is 2.50. The Morgan fingerprint density at radius 1 is 1.00 bits per heavy atom. The van der Waals surface area contributed by atoms with Crippen molar-refractivity contribution >= 4 is 25.5 Å². The molecule has 1 aliphatic heterocycles. The maximum Gasteiger partial charge on any atom is 0.495 e. The van der Waals surface area contributed by atoms with Gasteiger partial charge in [-0.2, -0.15) is 0 Å². The highest BCUT2D eigenvalue weighted by Crippen LogP contribution is 2.38. The van der Waals surface area contributed by atoms with Crippen molar-refractivity contribution in [2.45, 2.75) is 52.7 Å². The third-order valence-electron chi connectivity index (χ3n) is 4.62. The summed E-state index contributed by atoms with van der Waals surface area (Å²) in [5, 5.41) is 0.0558. The van der Waals surface area contributed by atoms with Gasteiger partial charge in [0.1, 0.15) is 0 Å². The van der Waals surface area contributed by atoms with E-state index in [1.165, 1.54) is 6.07 Å². The van der Waals surface area contributed by atoms with Crippen molar-refractivity contribution in [1.29, 1.82) is 0 Å². The topological polar surface area (TPSA) is 76.0 Å². The van der Waals surface area contributed by atoms with E-state index >= 15 is 0 Å². The molecule has 1 aliphatic rings. The summed E-state index contributed by atoms with van der Waals surface area (Å²) in [5.74, 6) is 0. The van der Waals surface area contributed by atoms with E-state index in [0.29, 0.717) is 5.56 Å². The highest BCUT2D eigenvalue weighted by atomic mass is 31.2. The molecule has 1 heterocycles. The summed E-state index contributed by atoms with van der Waals surface area (Å²) in [6.07, 6.45) is 0. The third kappa shape index (κ3) is 2.83. The van der Waals surface area contributed by atoms with Crippen molar-refractivity contribution in [3.63, 3.8) is 0 Å². The molecule has 7 heteroatoms. The summed E-state index contributed by atoms with van der Waals surface area (Å²) in [4.78, 5) is 18.7. The van der Waals surface area contributed by atoms with Crippen LogP contribution in [0.25, 0.3) is 0 Å². The van der Waals surface area contributed by atoms with Crippen LogP contribution < -0.4 is 10.8 Å². The van der Waals surface area contributed by atoms with Crippen LogP contribution in [0.5, 0.6) is 0 Å². The molecule has 5 nitrogen and oxygen atoms in total. The zero-order chi connectivity index (χ0) is 16.2. The van der Waals surface area contributed by atoms with Crippen LogP contribution in [0, 0.1) is 13.8 Å². The standard InChI is InChI=1S/C14H22BO5P/c1-9-10(2)12(21(16,17)18)8-7-11(9)15-19-13(3,4)14(5,6)20-15/h7-8H,1-6H3,(H2,16,17,18). The van der Waals surface area contributed by atoms with Gasteiger partial charge < -0.3 is 19.1 Å². The summed E-state index contributed by atoms with van der Waals surface area (Å²) in [6.45, 7) is 11.4. The van der Waals surface area contributed by atoms with Crippen LogP contribution in [0.1, 0.15) is 38.8 Å². The van der Waals surface area contributed by atoms with Crippen LogP contribution in [-0.4, -0.2) is 28.1 Å². The molecule has 116 valence electrons. The molecule has 21 heavy (non-hydrogen) atoms. The highest BCUT2D eigenvalue weighted by molar-refractivity contribution is 7.60. The molecule has 0 aliphatic carbocycles. The van der Waals surface area contributed by atoms with Gasteiger partial charge in [0.05, 0.1) is 16.5 Å². The van der Waals surface area contributed by atoms with Crippen molar-refractivity contribution in [3.8, 4) is 0 Å². The quantitative estimate of drug-likeness (QED) is 0.638. The van der Waals surface area contributed by atoms with Gasteiger partial charge in [0, 0.05) is 0 Å². The first-order chi connectivity index (χ1) is 9.37. The van der Waals surface area contributed by atoms with Gasteiger partial charge in [-0.25, -0.2) is 0 Å². The fraction of sp³-hybridized carbons (Fsp3) is 0.571. The van der Waals surface area contributed by atoms with E-state index in [1.54, 1.807) is 13.0 Å². The lowest BCUT2D eigenvalue weighted by Gasteiger charge is -2.32. The zero-order valence-electron chi connectivity index (χ0n) is 13.3. The smallest absolute Gasteiger partial charge is 0.399 e. The highest BCUT2D eigenvalue weighted by Gasteiger charge is 2.52. The maximum atomic E-state index is 11.5. The minimum atomic E-state index is -4.27. The molecule has 1 aromatic carbocycles. The fourth-order valence-corrected chi connectivity index (χ4v) is 3.24. The van der Waals surface area contributed by atoms with Gasteiger partial charge in [0.2, 0.25) is 0 Å². The van der Waals surface area contributed by atoms with E-state index in [2.05, 4.69) is 0 Å². The molecule has 1 saturated heterocycles. The van der Waals surface area contributed by atoms with E-state index in [9.17, 15) is 14.4 Å². The molecule has 0 radical (unpaired) electrons. The molecule has 0 spiro atoms. The predicted octanol–water partition coefficient (Wildman–Crippen LogP) is 1.41. The summed E-state index contributed by atoms with van der Waals surface area (Å²) < 4.78 is 23.5. The van der Waals surface area contributed by atoms with Crippen LogP contribution in [0.3, 0.4) is 0 Å². The number of hydrogen-bond donors (Lipinski definition) is 2. The largest absolute Gasteiger partial charge is 0.495 e. The minimum absolute atomic E-state index is 0.0558. The Labute approximate surface area is 126 Å². The SMILES string of the molecule is Cc1c(B2OC(C)(C)C(C)(C)O2)ccc(P(=O)(O)O)c1C. The summed E-state index contributed by atoms with van der Waals surface area (Å²) in [7, 11) is -4.80. The minimum Gasteiger partial charge on any atom is -0.399 e. The van der Waals surface area contributed by atoms with Gasteiger partial charge in [-0.15, -0.1) is 0 Å². The molecular formula is C14H22BO5P. The Morgan fingerprint density at radius 2 is 1.48 bits per heavy atom. The van der Waals surface area contributed by atoms with Crippen LogP contribution in [0.4, 0.5) is 0 Å². The Bertz CT molecular complexity index is 604. The Morgan fingerprint density at radius 3 is 1.90 bits per heavy atom. The third-order valence-corrected chi connectivity index (χ3v) is 5.73. The summed E-state index contributed by atoms with van der Waals surface area (Å²) in [5.41, 5.74) is 1.29. The van der Waals surface area contributed by atoms with Crippen molar-refractivity contribution < 1.29 is 23.7 Å². The van der Waals surface area contributed by atoms with Crippen LogP contribution in [0.15, 0.2) is 12.1 Å². The van der Waals surface area contributed by atoms with Gasteiger partial charge in [0.25, 0.3) is 0 Å². The van der Waals surface area contributed by atoms with Crippen molar-refractivity contribution in [1.82, 2.24) is 0 Å². The van der Waals surface area contributed by atoms with E-state index < -0.39 is 25.9 Å². The first kappa shape index (κ1) is 16.7. The lowest BCUT2D eigenvalue weighted by Crippen LogP contribution is -2.41. The van der Waals surface area contributed by atoms with Crippen LogP contribution >= 0.6 is 7.60 Å². The molecule has 2 N–H and O–H groups in total. The summed E-state index contributed by atoms with van der Waals surface area (Å²) >= 11 is 0. The first-order valence-corrected chi connectivity index (χ1v) is 8.50. The van der Waals surface area contributed by atoms with Crippen LogP contribution in [-0.2, 0) is 13.9 Å². The predicted molar refractivity (Wildman–Crippen MR) is 83.3 cm³/mol. The fourth-order valence-electron chi connectivity index (χ4n) is 2.37. The molecule has 1 aromatic rings. The monoisotopic (exact) mass is 312 g/mol. The second-order valence-corrected chi connectivity index (χ2v) is 8.13. The molecular weight excluding hydrogens is 290 g/mol. The number of benzene rings is 1. The molecule has 0 atom stereocenters. The summed E-state index contributed by atoms with van der Waals surface area (Å²) in [6, 6.07) is 3.14. The molecule has 0 saturated carbocycles. The molecule has 0 unspecified atom stereocenters. The molecule has 2 rings (SSSR count). The van der Waals surface area contributed by atoms with Crippen molar-refractivity contribution in [3.05, 3.63) is 23.3 Å². The Kier molecular flexibility index (Phi) is 3.93. The average molecular weight is 312 g/mol. The first-order valence-electron chi connectivity index (χ1n) is 6.89. The van der Waals surface area contributed by atoms with Gasteiger partial charge >= 0.3 is 14.7 Å². The molecule has 0 aromatic heterocycles. The van der Waals surface area contributed by atoms with Crippen LogP contribution in [0.2, 0.25) is 0 Å². The van der Waals surface area contributed by atoms with E-state index in [4.69, 9.17) is 9.31 Å². The van der Waals surface area contributed by atoms with Crippen molar-refractivity contribution in [2.75, 3.05) is 0 Å². The number of rotatable bonds is 2. The number of hydrogen-bond acceptors (Lipinski definition) is 3. The van der Waals surface area contributed by atoms with E-state index in [-0.39, 0.29) is 5.30 Å². The lowest BCUT2D eigenvalue weighted by molar-refractivity contribution is 0.00578. The lowest BCUT2D eigenvalue weighted by atomic mass is 9.75. The maximum absolute atomic E-state index is 11.5. The van der Waals surface area contributed by atoms with Gasteiger partial charge in [0.15, 0.2) is 0 Å². The molecule has 1 fully saturated rings. The zero-order valence-corrected chi connectivity index (χ0v) is 14.2. The second-order valence-electron chi connectivity index (χ2n) is 6.56. The van der Waals surface area contributed by atoms with Gasteiger partial charge in [-0.3, -0.25) is 4.57 Å². The second kappa shape index (κ2) is 4.93. The van der Waals surface area contributed by atoms with E-state index in [1.807, 2.05) is 34.6 Å². The molecule has 0 bridgehead atoms. The molecule has 0 amide bonds. The van der Waals surface area contributed by atoms with Gasteiger partial charge in [-0.1, -0.05) is 6.07 Å². The van der Waals surface area contributed by atoms with Crippen molar-refractivity contribution in [2.24, 2.45) is 0 Å².